The Kier molecular flexibility index (Phi) is 6.92. The highest BCUT2D eigenvalue weighted by molar-refractivity contribution is 7.99. The van der Waals surface area contributed by atoms with Gasteiger partial charge in [0.1, 0.15) is 0 Å². The Morgan fingerprint density at radius 3 is 2.63 bits per heavy atom. The topological polar surface area (TPSA) is 63.9 Å². The number of thiophene rings is 1. The van der Waals surface area contributed by atoms with Crippen molar-refractivity contribution >= 4 is 39.9 Å². The standard InChI is InChI=1S/C27H25N5OS2/c1-3-32-26(29-30-27(32)35-18-25(33)31(2)16-19-13-14-34-17-19)22-15-24(20-9-5-4-6-10-20)28-23-12-8-7-11-21(22)23/h4-15,17H,3,16,18H2,1-2H3. The third-order valence-corrected chi connectivity index (χ3v) is 7.49. The molecule has 0 spiro atoms. The number of carbonyl (C=O) groups is 1. The third kappa shape index (κ3) is 4.99. The first-order valence-electron chi connectivity index (χ1n) is 11.4. The molecule has 0 saturated carbocycles. The maximum Gasteiger partial charge on any atom is 0.233 e. The molecule has 0 atom stereocenters. The number of carbonyl (C=O) groups excluding carboxylic acids is 1. The summed E-state index contributed by atoms with van der Waals surface area (Å²) in [6, 6.07) is 22.4. The second-order valence-electron chi connectivity index (χ2n) is 8.16. The molecule has 0 radical (unpaired) electrons. The van der Waals surface area contributed by atoms with Crippen molar-refractivity contribution in [1.82, 2.24) is 24.6 Å². The molecule has 0 aliphatic rings. The Morgan fingerprint density at radius 2 is 1.86 bits per heavy atom. The molecule has 0 unspecified atom stereocenters. The highest BCUT2D eigenvalue weighted by Gasteiger charge is 2.19. The first kappa shape index (κ1) is 23.3. The molecule has 0 saturated heterocycles. The molecule has 0 aliphatic carbocycles. The second-order valence-corrected chi connectivity index (χ2v) is 9.88. The van der Waals surface area contributed by atoms with Crippen molar-refractivity contribution in [3.63, 3.8) is 0 Å². The molecule has 35 heavy (non-hydrogen) atoms. The smallest absolute Gasteiger partial charge is 0.233 e. The van der Waals surface area contributed by atoms with Crippen LogP contribution < -0.4 is 0 Å². The van der Waals surface area contributed by atoms with E-state index in [1.807, 2.05) is 54.9 Å². The lowest BCUT2D eigenvalue weighted by Crippen LogP contribution is -2.27. The largest absolute Gasteiger partial charge is 0.341 e. The molecule has 0 bridgehead atoms. The molecule has 5 rings (SSSR count). The van der Waals surface area contributed by atoms with Crippen LogP contribution in [0.15, 0.2) is 82.6 Å². The van der Waals surface area contributed by atoms with Crippen molar-refractivity contribution in [1.29, 1.82) is 0 Å². The molecule has 3 heterocycles. The minimum atomic E-state index is 0.0640. The number of hydrogen-bond donors (Lipinski definition) is 0. The molecule has 0 aliphatic heterocycles. The van der Waals surface area contributed by atoms with Crippen LogP contribution in [0.5, 0.6) is 0 Å². The lowest BCUT2D eigenvalue weighted by atomic mass is 10.0. The van der Waals surface area contributed by atoms with Gasteiger partial charge in [-0.05, 0) is 41.4 Å². The van der Waals surface area contributed by atoms with Crippen LogP contribution in [-0.4, -0.2) is 43.4 Å². The Bertz CT molecular complexity index is 1450. The summed E-state index contributed by atoms with van der Waals surface area (Å²) >= 11 is 3.07. The number of hydrogen-bond acceptors (Lipinski definition) is 6. The summed E-state index contributed by atoms with van der Waals surface area (Å²) in [5.41, 5.74) is 4.99. The highest BCUT2D eigenvalue weighted by Crippen LogP contribution is 2.33. The summed E-state index contributed by atoms with van der Waals surface area (Å²) in [6.07, 6.45) is 0. The summed E-state index contributed by atoms with van der Waals surface area (Å²) in [5.74, 6) is 1.16. The van der Waals surface area contributed by atoms with Gasteiger partial charge < -0.3 is 9.47 Å². The van der Waals surface area contributed by atoms with Crippen molar-refractivity contribution in [2.45, 2.75) is 25.2 Å². The maximum atomic E-state index is 12.7. The average molecular weight is 500 g/mol. The zero-order valence-corrected chi connectivity index (χ0v) is 21.2. The molecule has 3 aromatic heterocycles. The Balaban J connectivity index is 1.45. The van der Waals surface area contributed by atoms with Gasteiger partial charge in [0.2, 0.25) is 5.91 Å². The van der Waals surface area contributed by atoms with E-state index in [4.69, 9.17) is 4.98 Å². The number of pyridine rings is 1. The van der Waals surface area contributed by atoms with Gasteiger partial charge in [-0.2, -0.15) is 11.3 Å². The van der Waals surface area contributed by atoms with Crippen LogP contribution in [0.1, 0.15) is 12.5 Å². The summed E-state index contributed by atoms with van der Waals surface area (Å²) in [7, 11) is 1.84. The van der Waals surface area contributed by atoms with Crippen molar-refractivity contribution in [2.75, 3.05) is 12.8 Å². The van der Waals surface area contributed by atoms with Gasteiger partial charge in [0, 0.05) is 36.7 Å². The Labute approximate surface area is 212 Å². The van der Waals surface area contributed by atoms with Crippen LogP contribution in [0.3, 0.4) is 0 Å². The van der Waals surface area contributed by atoms with Gasteiger partial charge in [-0.1, -0.05) is 60.3 Å². The van der Waals surface area contributed by atoms with E-state index in [9.17, 15) is 4.79 Å². The van der Waals surface area contributed by atoms with E-state index in [2.05, 4.69) is 51.3 Å². The van der Waals surface area contributed by atoms with Crippen molar-refractivity contribution < 1.29 is 4.79 Å². The molecule has 176 valence electrons. The van der Waals surface area contributed by atoms with Gasteiger partial charge in [-0.15, -0.1) is 10.2 Å². The minimum Gasteiger partial charge on any atom is -0.341 e. The van der Waals surface area contributed by atoms with Crippen molar-refractivity contribution in [2.24, 2.45) is 0 Å². The molecule has 0 fully saturated rings. The Morgan fingerprint density at radius 1 is 1.06 bits per heavy atom. The highest BCUT2D eigenvalue weighted by atomic mass is 32.2. The number of para-hydroxylation sites is 1. The number of aromatic nitrogens is 4. The van der Waals surface area contributed by atoms with E-state index >= 15 is 0 Å². The van der Waals surface area contributed by atoms with Crippen LogP contribution in [0.25, 0.3) is 33.5 Å². The number of thioether (sulfide) groups is 1. The van der Waals surface area contributed by atoms with Crippen LogP contribution in [0.2, 0.25) is 0 Å². The zero-order valence-electron chi connectivity index (χ0n) is 19.6. The fourth-order valence-electron chi connectivity index (χ4n) is 3.98. The van der Waals surface area contributed by atoms with E-state index in [1.54, 1.807) is 16.2 Å². The summed E-state index contributed by atoms with van der Waals surface area (Å²) < 4.78 is 2.08. The normalized spacial score (nSPS) is 11.1. The molecule has 1 amide bonds. The van der Waals surface area contributed by atoms with E-state index in [0.717, 1.165) is 44.3 Å². The first-order chi connectivity index (χ1) is 17.1. The number of fused-ring (bicyclic) bond motifs is 1. The fourth-order valence-corrected chi connectivity index (χ4v) is 5.58. The van der Waals surface area contributed by atoms with Gasteiger partial charge in [-0.25, -0.2) is 4.98 Å². The van der Waals surface area contributed by atoms with E-state index < -0.39 is 0 Å². The van der Waals surface area contributed by atoms with Crippen LogP contribution in [0, 0.1) is 0 Å². The maximum absolute atomic E-state index is 12.7. The second kappa shape index (κ2) is 10.4. The van der Waals surface area contributed by atoms with Gasteiger partial charge >= 0.3 is 0 Å². The summed E-state index contributed by atoms with van der Waals surface area (Å²) in [4.78, 5) is 19.4. The molecule has 5 aromatic rings. The summed E-state index contributed by atoms with van der Waals surface area (Å²) in [5, 5.41) is 14.9. The molecule has 0 N–H and O–H groups in total. The van der Waals surface area contributed by atoms with Gasteiger partial charge in [-0.3, -0.25) is 4.79 Å². The number of amides is 1. The lowest BCUT2D eigenvalue weighted by Gasteiger charge is -2.16. The lowest BCUT2D eigenvalue weighted by molar-refractivity contribution is -0.127. The molecule has 6 nitrogen and oxygen atoms in total. The fraction of sp³-hybridized carbons (Fsp3) is 0.185. The summed E-state index contributed by atoms with van der Waals surface area (Å²) in [6.45, 7) is 3.38. The average Bonchev–Trinajstić information content (AvgIpc) is 3.56. The first-order valence-corrected chi connectivity index (χ1v) is 13.3. The van der Waals surface area contributed by atoms with Crippen LogP contribution in [0.4, 0.5) is 0 Å². The SMILES string of the molecule is CCn1c(SCC(=O)N(C)Cc2ccsc2)nnc1-c1cc(-c2ccccc2)nc2ccccc12. The quantitative estimate of drug-likeness (QED) is 0.245. The molecular weight excluding hydrogens is 474 g/mol. The van der Waals surface area contributed by atoms with Crippen LogP contribution >= 0.6 is 23.1 Å². The Hall–Kier alpha value is -3.49. The van der Waals surface area contributed by atoms with Crippen molar-refractivity contribution in [3.8, 4) is 22.6 Å². The van der Waals surface area contributed by atoms with Gasteiger partial charge in [0.25, 0.3) is 0 Å². The number of nitrogens with zero attached hydrogens (tertiary/aromatic N) is 5. The van der Waals surface area contributed by atoms with E-state index in [1.165, 1.54) is 11.8 Å². The van der Waals surface area contributed by atoms with E-state index in [-0.39, 0.29) is 5.91 Å². The van der Waals surface area contributed by atoms with Crippen molar-refractivity contribution in [3.05, 3.63) is 83.1 Å². The number of rotatable bonds is 8. The van der Waals surface area contributed by atoms with Crippen LogP contribution in [-0.2, 0) is 17.9 Å². The predicted octanol–water partition coefficient (Wildman–Crippen LogP) is 5.99. The molecule has 2 aromatic carbocycles. The third-order valence-electron chi connectivity index (χ3n) is 5.81. The van der Waals surface area contributed by atoms with Gasteiger partial charge in [0.05, 0.1) is 17.0 Å². The zero-order chi connectivity index (χ0) is 24.2. The molecule has 8 heteroatoms. The monoisotopic (exact) mass is 499 g/mol. The predicted molar refractivity (Wildman–Crippen MR) is 143 cm³/mol. The molecular formula is C27H25N5OS2. The minimum absolute atomic E-state index is 0.0640. The number of benzene rings is 2. The van der Waals surface area contributed by atoms with E-state index in [0.29, 0.717) is 18.8 Å². The van der Waals surface area contributed by atoms with Gasteiger partial charge in [0.15, 0.2) is 11.0 Å².